The molecule has 1 saturated heterocycles. The molecule has 1 aliphatic heterocycles. The fourth-order valence-electron chi connectivity index (χ4n) is 2.06. The number of anilines is 1. The number of nitrogens with one attached hydrogen (secondary N) is 1. The molecule has 1 aromatic heterocycles. The first-order valence-corrected chi connectivity index (χ1v) is 8.62. The van der Waals surface area contributed by atoms with E-state index in [0.717, 1.165) is 5.69 Å². The molecule has 0 spiro atoms. The van der Waals surface area contributed by atoms with E-state index in [1.54, 1.807) is 0 Å². The summed E-state index contributed by atoms with van der Waals surface area (Å²) < 4.78 is 5.32. The van der Waals surface area contributed by atoms with E-state index in [1.165, 1.54) is 16.2 Å². The van der Waals surface area contributed by atoms with Crippen molar-refractivity contribution in [3.8, 4) is 0 Å². The highest BCUT2D eigenvalue weighted by atomic mass is 32.1. The lowest BCUT2D eigenvalue weighted by molar-refractivity contribution is -0.125. The van der Waals surface area contributed by atoms with Crippen molar-refractivity contribution >= 4 is 28.5 Å². The van der Waals surface area contributed by atoms with Gasteiger partial charge >= 0.3 is 6.09 Å². The highest BCUT2D eigenvalue weighted by molar-refractivity contribution is 7.14. The van der Waals surface area contributed by atoms with Crippen LogP contribution in [0, 0.1) is 0 Å². The number of carbonyl (C=O) groups excluding carboxylic acids is 2. The number of hydrogen-bond donors (Lipinski definition) is 1. The molecule has 1 unspecified atom stereocenters. The van der Waals surface area contributed by atoms with E-state index in [-0.39, 0.29) is 11.3 Å². The molecule has 6 nitrogen and oxygen atoms in total. The number of ether oxygens (including phenoxy) is 1. The lowest BCUT2D eigenvalue weighted by atomic mass is 9.93. The number of amides is 2. The van der Waals surface area contributed by atoms with E-state index in [4.69, 9.17) is 4.74 Å². The molecule has 7 heteroatoms. The molecule has 0 aromatic carbocycles. The van der Waals surface area contributed by atoms with Crippen molar-refractivity contribution < 1.29 is 14.3 Å². The van der Waals surface area contributed by atoms with Gasteiger partial charge in [-0.25, -0.2) is 9.78 Å². The third-order valence-electron chi connectivity index (χ3n) is 3.45. The van der Waals surface area contributed by atoms with Gasteiger partial charge in [-0.05, 0) is 27.2 Å². The SMILES string of the molecule is CC(C)(C)OC(=O)N1CCC1C(=O)Nc1nc(C(C)(C)C)cs1. The van der Waals surface area contributed by atoms with Crippen molar-refractivity contribution in [3.05, 3.63) is 11.1 Å². The van der Waals surface area contributed by atoms with Crippen molar-refractivity contribution in [2.24, 2.45) is 0 Å². The molecule has 0 radical (unpaired) electrons. The first-order chi connectivity index (χ1) is 10.5. The number of hydrogen-bond acceptors (Lipinski definition) is 5. The van der Waals surface area contributed by atoms with Gasteiger partial charge in [-0.2, -0.15) is 0 Å². The predicted octanol–water partition coefficient (Wildman–Crippen LogP) is 3.39. The topological polar surface area (TPSA) is 71.5 Å². The van der Waals surface area contributed by atoms with E-state index < -0.39 is 17.7 Å². The second kappa shape index (κ2) is 6.11. The van der Waals surface area contributed by atoms with Crippen LogP contribution >= 0.6 is 11.3 Å². The Labute approximate surface area is 141 Å². The number of aromatic nitrogens is 1. The van der Waals surface area contributed by atoms with Gasteiger partial charge in [-0.3, -0.25) is 9.69 Å². The molecule has 1 N–H and O–H groups in total. The minimum absolute atomic E-state index is 0.0570. The monoisotopic (exact) mass is 339 g/mol. The summed E-state index contributed by atoms with van der Waals surface area (Å²) in [6.45, 7) is 12.2. The third-order valence-corrected chi connectivity index (χ3v) is 4.21. The molecule has 1 aliphatic rings. The Kier molecular flexibility index (Phi) is 4.71. The van der Waals surface area contributed by atoms with Gasteiger partial charge in [0, 0.05) is 17.3 Å². The first kappa shape index (κ1) is 17.7. The molecule has 1 aromatic rings. The Hall–Kier alpha value is -1.63. The molecular formula is C16H25N3O3S. The second-order valence-corrected chi connectivity index (χ2v) is 8.61. The van der Waals surface area contributed by atoms with Crippen LogP contribution in [0.1, 0.15) is 53.7 Å². The smallest absolute Gasteiger partial charge is 0.410 e. The molecule has 2 heterocycles. The summed E-state index contributed by atoms with van der Waals surface area (Å²) in [6, 6.07) is -0.480. The minimum Gasteiger partial charge on any atom is -0.444 e. The van der Waals surface area contributed by atoms with Gasteiger partial charge < -0.3 is 10.1 Å². The van der Waals surface area contributed by atoms with Crippen LogP contribution in [0.4, 0.5) is 9.93 Å². The highest BCUT2D eigenvalue weighted by Crippen LogP contribution is 2.28. The van der Waals surface area contributed by atoms with Crippen LogP contribution in [-0.2, 0) is 14.9 Å². The van der Waals surface area contributed by atoms with Crippen LogP contribution in [0.15, 0.2) is 5.38 Å². The van der Waals surface area contributed by atoms with E-state index >= 15 is 0 Å². The zero-order chi connectivity index (χ0) is 17.4. The number of carbonyl (C=O) groups is 2. The van der Waals surface area contributed by atoms with Crippen LogP contribution in [0.25, 0.3) is 0 Å². The van der Waals surface area contributed by atoms with Crippen molar-refractivity contribution in [3.63, 3.8) is 0 Å². The lowest BCUT2D eigenvalue weighted by Crippen LogP contribution is -2.57. The maximum Gasteiger partial charge on any atom is 0.410 e. The second-order valence-electron chi connectivity index (χ2n) is 7.76. The average Bonchev–Trinajstić information content (AvgIpc) is 2.72. The van der Waals surface area contributed by atoms with Gasteiger partial charge in [0.05, 0.1) is 5.69 Å². The molecular weight excluding hydrogens is 314 g/mol. The van der Waals surface area contributed by atoms with E-state index in [1.807, 2.05) is 26.2 Å². The third kappa shape index (κ3) is 4.43. The minimum atomic E-state index is -0.565. The van der Waals surface area contributed by atoms with Crippen molar-refractivity contribution in [1.29, 1.82) is 0 Å². The van der Waals surface area contributed by atoms with Crippen LogP contribution in [0.2, 0.25) is 0 Å². The number of nitrogens with zero attached hydrogens (tertiary/aromatic N) is 2. The fraction of sp³-hybridized carbons (Fsp3) is 0.688. The quantitative estimate of drug-likeness (QED) is 0.896. The summed E-state index contributed by atoms with van der Waals surface area (Å²) in [5, 5.41) is 5.32. The van der Waals surface area contributed by atoms with Gasteiger partial charge in [-0.1, -0.05) is 20.8 Å². The molecule has 128 valence electrons. The summed E-state index contributed by atoms with van der Waals surface area (Å²) in [5.41, 5.74) is 0.318. The van der Waals surface area contributed by atoms with Crippen LogP contribution in [-0.4, -0.2) is 40.1 Å². The van der Waals surface area contributed by atoms with Crippen LogP contribution in [0.5, 0.6) is 0 Å². The molecule has 0 saturated carbocycles. The summed E-state index contributed by atoms with van der Waals surface area (Å²) in [7, 11) is 0. The first-order valence-electron chi connectivity index (χ1n) is 7.74. The van der Waals surface area contributed by atoms with Gasteiger partial charge in [0.1, 0.15) is 11.6 Å². The maximum absolute atomic E-state index is 12.3. The molecule has 0 bridgehead atoms. The number of rotatable bonds is 2. The molecule has 0 aliphatic carbocycles. The molecule has 1 fully saturated rings. The van der Waals surface area contributed by atoms with E-state index in [9.17, 15) is 9.59 Å². The van der Waals surface area contributed by atoms with Gasteiger partial charge in [0.25, 0.3) is 0 Å². The number of likely N-dealkylation sites (tertiary alicyclic amines) is 1. The molecule has 2 rings (SSSR count). The fourth-order valence-corrected chi connectivity index (χ4v) is 3.00. The summed E-state index contributed by atoms with van der Waals surface area (Å²) in [5.74, 6) is -0.211. The average molecular weight is 339 g/mol. The van der Waals surface area contributed by atoms with E-state index in [0.29, 0.717) is 18.1 Å². The lowest BCUT2D eigenvalue weighted by Gasteiger charge is -2.39. The summed E-state index contributed by atoms with van der Waals surface area (Å²) >= 11 is 1.40. The normalized spacial score (nSPS) is 18.3. The zero-order valence-electron chi connectivity index (χ0n) is 14.6. The predicted molar refractivity (Wildman–Crippen MR) is 90.8 cm³/mol. The van der Waals surface area contributed by atoms with Crippen molar-refractivity contribution in [2.75, 3.05) is 11.9 Å². The Balaban J connectivity index is 1.96. The standard InChI is InChI=1S/C16H25N3O3S/c1-15(2,3)11-9-23-13(17-11)18-12(20)10-7-8-19(10)14(21)22-16(4,5)6/h9-10H,7-8H2,1-6H3,(H,17,18,20). The van der Waals surface area contributed by atoms with Gasteiger partial charge in [0.15, 0.2) is 5.13 Å². The van der Waals surface area contributed by atoms with Gasteiger partial charge in [-0.15, -0.1) is 11.3 Å². The Morgan fingerprint density at radius 2 is 1.96 bits per heavy atom. The van der Waals surface area contributed by atoms with E-state index in [2.05, 4.69) is 31.1 Å². The highest BCUT2D eigenvalue weighted by Gasteiger charge is 2.40. The van der Waals surface area contributed by atoms with Crippen molar-refractivity contribution in [2.45, 2.75) is 65.0 Å². The largest absolute Gasteiger partial charge is 0.444 e. The summed E-state index contributed by atoms with van der Waals surface area (Å²) in [4.78, 5) is 30.3. The zero-order valence-corrected chi connectivity index (χ0v) is 15.4. The maximum atomic E-state index is 12.3. The molecule has 23 heavy (non-hydrogen) atoms. The summed E-state index contributed by atoms with van der Waals surface area (Å²) in [6.07, 6.45) is 0.196. The molecule has 1 atom stereocenters. The van der Waals surface area contributed by atoms with Crippen LogP contribution < -0.4 is 5.32 Å². The van der Waals surface area contributed by atoms with Gasteiger partial charge in [0.2, 0.25) is 5.91 Å². The Morgan fingerprint density at radius 3 is 2.39 bits per heavy atom. The van der Waals surface area contributed by atoms with Crippen molar-refractivity contribution in [1.82, 2.24) is 9.88 Å². The molecule has 2 amide bonds. The van der Waals surface area contributed by atoms with Crippen LogP contribution in [0.3, 0.4) is 0 Å². The number of thiazole rings is 1. The Morgan fingerprint density at radius 1 is 1.30 bits per heavy atom. The Bertz CT molecular complexity index is 598.